The molecule has 5 nitrogen and oxygen atoms in total. The summed E-state index contributed by atoms with van der Waals surface area (Å²) >= 11 is 6.20. The fourth-order valence-electron chi connectivity index (χ4n) is 2.09. The molecule has 6 heteroatoms. The van der Waals surface area contributed by atoms with Gasteiger partial charge in [0.25, 0.3) is 0 Å². The monoisotopic (exact) mass is 305 g/mol. The van der Waals surface area contributed by atoms with E-state index in [-0.39, 0.29) is 11.6 Å². The third kappa shape index (κ3) is 3.08. The lowest BCUT2D eigenvalue weighted by atomic mass is 10.1. The number of nitrogen functional groups attached to an aromatic ring is 1. The van der Waals surface area contributed by atoms with E-state index in [2.05, 4.69) is 4.98 Å². The van der Waals surface area contributed by atoms with Gasteiger partial charge in [0.05, 0.1) is 17.3 Å². The van der Waals surface area contributed by atoms with Gasteiger partial charge in [-0.05, 0) is 24.6 Å². The zero-order valence-corrected chi connectivity index (χ0v) is 12.5. The second-order valence-corrected chi connectivity index (χ2v) is 5.16. The van der Waals surface area contributed by atoms with Crippen molar-refractivity contribution in [2.45, 2.75) is 13.0 Å². The lowest BCUT2D eigenvalue weighted by Crippen LogP contribution is -2.24. The third-order valence-corrected chi connectivity index (χ3v) is 3.76. The summed E-state index contributed by atoms with van der Waals surface area (Å²) in [4.78, 5) is 16.9. The van der Waals surface area contributed by atoms with Crippen molar-refractivity contribution >= 4 is 29.1 Å². The number of pyridine rings is 1. The second-order valence-electron chi connectivity index (χ2n) is 4.75. The Balaban J connectivity index is 2.34. The molecule has 0 amide bonds. The van der Waals surface area contributed by atoms with Crippen LogP contribution in [-0.4, -0.2) is 23.1 Å². The number of rotatable bonds is 4. The minimum atomic E-state index is -1.05. The Morgan fingerprint density at radius 3 is 2.67 bits per heavy atom. The summed E-state index contributed by atoms with van der Waals surface area (Å²) in [5.74, 6) is -0.532. The summed E-state index contributed by atoms with van der Waals surface area (Å²) in [6.07, 6.45) is 1.30. The van der Waals surface area contributed by atoms with Gasteiger partial charge in [-0.25, -0.2) is 9.78 Å². The molecule has 110 valence electrons. The van der Waals surface area contributed by atoms with Crippen LogP contribution in [0.2, 0.25) is 5.02 Å². The van der Waals surface area contributed by atoms with Crippen molar-refractivity contribution in [2.75, 3.05) is 17.7 Å². The van der Waals surface area contributed by atoms with Crippen LogP contribution in [0.15, 0.2) is 36.5 Å². The predicted molar refractivity (Wildman–Crippen MR) is 83.9 cm³/mol. The number of nitrogens with zero attached hydrogens (tertiary/aromatic N) is 2. The van der Waals surface area contributed by atoms with Crippen molar-refractivity contribution in [3.8, 4) is 0 Å². The van der Waals surface area contributed by atoms with E-state index < -0.39 is 5.97 Å². The van der Waals surface area contributed by atoms with Gasteiger partial charge in [-0.1, -0.05) is 29.8 Å². The summed E-state index contributed by atoms with van der Waals surface area (Å²) in [6, 6.07) is 8.89. The lowest BCUT2D eigenvalue weighted by Gasteiger charge is -2.28. The molecule has 21 heavy (non-hydrogen) atoms. The van der Waals surface area contributed by atoms with E-state index in [0.717, 1.165) is 5.56 Å². The van der Waals surface area contributed by atoms with E-state index in [9.17, 15) is 4.79 Å². The average molecular weight is 306 g/mol. The number of hydrogen-bond acceptors (Lipinski definition) is 4. The van der Waals surface area contributed by atoms with E-state index in [0.29, 0.717) is 16.5 Å². The van der Waals surface area contributed by atoms with Crippen molar-refractivity contribution in [1.29, 1.82) is 0 Å². The standard InChI is InChI=1S/C15H16ClN3O2/c1-9(11-5-3-4-6-12(11)16)19(2)14-13(17)7-10(8-18-14)15(20)21/h3-9H,17H2,1-2H3,(H,20,21). The molecule has 0 radical (unpaired) electrons. The van der Waals surface area contributed by atoms with Crippen LogP contribution >= 0.6 is 11.6 Å². The molecule has 0 saturated heterocycles. The number of anilines is 2. The molecule has 1 unspecified atom stereocenters. The van der Waals surface area contributed by atoms with Gasteiger partial charge >= 0.3 is 5.97 Å². The van der Waals surface area contributed by atoms with E-state index >= 15 is 0 Å². The molecule has 0 bridgehead atoms. The molecule has 2 aromatic rings. The van der Waals surface area contributed by atoms with Crippen molar-refractivity contribution in [2.24, 2.45) is 0 Å². The number of nitrogens with two attached hydrogens (primary N) is 1. The number of halogens is 1. The predicted octanol–water partition coefficient (Wildman–Crippen LogP) is 3.21. The topological polar surface area (TPSA) is 79.5 Å². The number of benzene rings is 1. The molecule has 0 spiro atoms. The van der Waals surface area contributed by atoms with Gasteiger partial charge in [0.2, 0.25) is 0 Å². The SMILES string of the molecule is CC(c1ccccc1Cl)N(C)c1ncc(C(=O)O)cc1N. The van der Waals surface area contributed by atoms with Gasteiger partial charge in [-0.2, -0.15) is 0 Å². The van der Waals surface area contributed by atoms with Crippen LogP contribution in [0.5, 0.6) is 0 Å². The van der Waals surface area contributed by atoms with Crippen LogP contribution in [0.25, 0.3) is 0 Å². The molecule has 2 rings (SSSR count). The molecule has 1 aromatic heterocycles. The zero-order valence-electron chi connectivity index (χ0n) is 11.7. The first kappa shape index (κ1) is 15.1. The molecule has 0 fully saturated rings. The number of carboxylic acids is 1. The Bertz CT molecular complexity index is 676. The number of aromatic carboxylic acids is 1. The molecule has 1 aromatic carbocycles. The minimum absolute atomic E-state index is 0.0517. The van der Waals surface area contributed by atoms with Crippen LogP contribution in [-0.2, 0) is 0 Å². The van der Waals surface area contributed by atoms with Crippen LogP contribution in [0.1, 0.15) is 28.9 Å². The van der Waals surface area contributed by atoms with Gasteiger partial charge in [0.15, 0.2) is 5.82 Å². The Morgan fingerprint density at radius 2 is 2.10 bits per heavy atom. The molecule has 0 aliphatic carbocycles. The summed E-state index contributed by atoms with van der Waals surface area (Å²) in [5.41, 5.74) is 7.24. The number of aromatic nitrogens is 1. The van der Waals surface area contributed by atoms with E-state index in [1.165, 1.54) is 12.3 Å². The Kier molecular flexibility index (Phi) is 4.33. The van der Waals surface area contributed by atoms with E-state index in [1.54, 1.807) is 0 Å². The van der Waals surface area contributed by atoms with Gasteiger partial charge in [-0.3, -0.25) is 0 Å². The maximum absolute atomic E-state index is 10.9. The largest absolute Gasteiger partial charge is 0.478 e. The maximum Gasteiger partial charge on any atom is 0.337 e. The fraction of sp³-hybridized carbons (Fsp3) is 0.200. The van der Waals surface area contributed by atoms with Gasteiger partial charge in [0, 0.05) is 18.3 Å². The Labute approximate surface area is 128 Å². The molecular weight excluding hydrogens is 290 g/mol. The minimum Gasteiger partial charge on any atom is -0.478 e. The Morgan fingerprint density at radius 1 is 1.43 bits per heavy atom. The van der Waals surface area contributed by atoms with Gasteiger partial charge in [0.1, 0.15) is 0 Å². The molecule has 1 atom stereocenters. The molecule has 0 aliphatic heterocycles. The van der Waals surface area contributed by atoms with E-state index in [1.807, 2.05) is 43.1 Å². The molecular formula is C15H16ClN3O2. The van der Waals surface area contributed by atoms with Crippen LogP contribution < -0.4 is 10.6 Å². The first-order chi connectivity index (χ1) is 9.91. The average Bonchev–Trinajstić information content (AvgIpc) is 2.46. The molecule has 3 N–H and O–H groups in total. The van der Waals surface area contributed by atoms with Crippen LogP contribution in [0, 0.1) is 0 Å². The molecule has 0 aliphatic rings. The lowest BCUT2D eigenvalue weighted by molar-refractivity contribution is 0.0696. The van der Waals surface area contributed by atoms with Crippen molar-refractivity contribution < 1.29 is 9.90 Å². The summed E-state index contributed by atoms with van der Waals surface area (Å²) < 4.78 is 0. The summed E-state index contributed by atoms with van der Waals surface area (Å²) in [7, 11) is 1.84. The van der Waals surface area contributed by atoms with Crippen LogP contribution in [0.3, 0.4) is 0 Å². The summed E-state index contributed by atoms with van der Waals surface area (Å²) in [6.45, 7) is 1.98. The quantitative estimate of drug-likeness (QED) is 0.906. The third-order valence-electron chi connectivity index (χ3n) is 3.41. The normalized spacial score (nSPS) is 12.0. The molecule has 1 heterocycles. The van der Waals surface area contributed by atoms with Crippen molar-refractivity contribution in [1.82, 2.24) is 4.98 Å². The highest BCUT2D eigenvalue weighted by molar-refractivity contribution is 6.31. The first-order valence-corrected chi connectivity index (χ1v) is 6.75. The number of hydrogen-bond donors (Lipinski definition) is 2. The zero-order chi connectivity index (χ0) is 15.6. The van der Waals surface area contributed by atoms with Crippen LogP contribution in [0.4, 0.5) is 11.5 Å². The van der Waals surface area contributed by atoms with Crippen molar-refractivity contribution in [3.63, 3.8) is 0 Å². The highest BCUT2D eigenvalue weighted by atomic mass is 35.5. The second kappa shape index (κ2) is 6.01. The van der Waals surface area contributed by atoms with E-state index in [4.69, 9.17) is 22.4 Å². The number of carbonyl (C=O) groups is 1. The summed E-state index contributed by atoms with van der Waals surface area (Å²) in [5, 5.41) is 9.60. The smallest absolute Gasteiger partial charge is 0.337 e. The van der Waals surface area contributed by atoms with Gasteiger partial charge < -0.3 is 15.7 Å². The highest BCUT2D eigenvalue weighted by Gasteiger charge is 2.18. The fourth-order valence-corrected chi connectivity index (χ4v) is 2.39. The highest BCUT2D eigenvalue weighted by Crippen LogP contribution is 2.31. The van der Waals surface area contributed by atoms with Gasteiger partial charge in [-0.15, -0.1) is 0 Å². The van der Waals surface area contributed by atoms with Crippen molar-refractivity contribution in [3.05, 3.63) is 52.7 Å². The number of carboxylic acid groups (broad SMARTS) is 1. The maximum atomic E-state index is 10.9. The first-order valence-electron chi connectivity index (χ1n) is 6.38. The molecule has 0 saturated carbocycles. The Hall–Kier alpha value is -2.27.